The van der Waals surface area contributed by atoms with Crippen molar-refractivity contribution in [3.8, 4) is 0 Å². The highest BCUT2D eigenvalue weighted by Crippen LogP contribution is 2.35. The van der Waals surface area contributed by atoms with Crippen LogP contribution in [0.3, 0.4) is 0 Å². The topological polar surface area (TPSA) is 46.2 Å². The average molecular weight is 270 g/mol. The molecule has 0 aliphatic heterocycles. The van der Waals surface area contributed by atoms with Crippen LogP contribution in [0.25, 0.3) is 0 Å². The molecule has 3 nitrogen and oxygen atoms in total. The van der Waals surface area contributed by atoms with Crippen molar-refractivity contribution in [1.29, 1.82) is 0 Å². The van der Waals surface area contributed by atoms with Gasteiger partial charge in [-0.15, -0.1) is 0 Å². The molecular weight excluding hydrogens is 262 g/mol. The Morgan fingerprint density at radius 2 is 2.00 bits per heavy atom. The van der Waals surface area contributed by atoms with Gasteiger partial charge in [0.2, 0.25) is 10.0 Å². The summed E-state index contributed by atoms with van der Waals surface area (Å²) in [6, 6.07) is 2.67. The molecule has 1 rings (SSSR count). The van der Waals surface area contributed by atoms with Crippen molar-refractivity contribution < 1.29 is 26.0 Å². The van der Waals surface area contributed by atoms with Gasteiger partial charge in [-0.3, -0.25) is 4.72 Å². The zero-order valence-corrected chi connectivity index (χ0v) is 9.41. The van der Waals surface area contributed by atoms with E-state index in [2.05, 4.69) is 0 Å². The summed E-state index contributed by atoms with van der Waals surface area (Å²) in [7, 11) is -3.86. The second-order valence-electron chi connectivity index (χ2n) is 3.11. The number of anilines is 1. The van der Waals surface area contributed by atoms with Gasteiger partial charge in [-0.25, -0.2) is 12.8 Å². The summed E-state index contributed by atoms with van der Waals surface area (Å²) in [5, 5.41) is 0. The molecule has 1 radical (unpaired) electrons. The lowest BCUT2D eigenvalue weighted by Crippen LogP contribution is -2.18. The summed E-state index contributed by atoms with van der Waals surface area (Å²) >= 11 is 0. The Hall–Kier alpha value is -1.31. The van der Waals surface area contributed by atoms with Gasteiger partial charge in [0.1, 0.15) is 5.82 Å². The van der Waals surface area contributed by atoms with Gasteiger partial charge in [-0.05, 0) is 19.1 Å². The lowest BCUT2D eigenvalue weighted by Gasteiger charge is -2.13. The number of sulfonamides is 1. The molecule has 0 heterocycles. The summed E-state index contributed by atoms with van der Waals surface area (Å²) in [6.45, 7) is 1.27. The van der Waals surface area contributed by atoms with Gasteiger partial charge in [0.15, 0.2) is 0 Å². The zero-order valence-electron chi connectivity index (χ0n) is 8.60. The second-order valence-corrected chi connectivity index (χ2v) is 5.12. The van der Waals surface area contributed by atoms with Gasteiger partial charge in [-0.1, -0.05) is 0 Å². The molecule has 0 unspecified atom stereocenters. The predicted octanol–water partition coefficient (Wildman–Crippen LogP) is 2.41. The Morgan fingerprint density at radius 3 is 2.47 bits per heavy atom. The van der Waals surface area contributed by atoms with Crippen molar-refractivity contribution in [2.45, 2.75) is 13.1 Å². The van der Waals surface area contributed by atoms with E-state index in [1.807, 2.05) is 6.07 Å². The molecule has 0 saturated heterocycles. The van der Waals surface area contributed by atoms with Gasteiger partial charge in [0.25, 0.3) is 0 Å². The predicted molar refractivity (Wildman–Crippen MR) is 53.3 cm³/mol. The Labute approximate surface area is 95.5 Å². The Morgan fingerprint density at radius 1 is 1.41 bits per heavy atom. The molecule has 0 aliphatic carbocycles. The van der Waals surface area contributed by atoms with E-state index >= 15 is 0 Å². The Bertz CT molecular complexity index is 510. The fourth-order valence-corrected chi connectivity index (χ4v) is 1.67. The number of halogens is 4. The second kappa shape index (κ2) is 4.52. The summed E-state index contributed by atoms with van der Waals surface area (Å²) in [5.41, 5.74) is -2.12. The van der Waals surface area contributed by atoms with E-state index in [9.17, 15) is 26.0 Å². The minimum atomic E-state index is -4.85. The monoisotopic (exact) mass is 270 g/mol. The summed E-state index contributed by atoms with van der Waals surface area (Å²) in [6.07, 6.45) is -4.85. The fourth-order valence-electron chi connectivity index (χ4n) is 1.02. The van der Waals surface area contributed by atoms with Crippen molar-refractivity contribution in [2.75, 3.05) is 10.5 Å². The minimum absolute atomic E-state index is 0.188. The van der Waals surface area contributed by atoms with Crippen LogP contribution < -0.4 is 4.72 Å². The molecule has 1 aromatic rings. The quantitative estimate of drug-likeness (QED) is 0.857. The third-order valence-electron chi connectivity index (χ3n) is 1.87. The van der Waals surface area contributed by atoms with Crippen molar-refractivity contribution >= 4 is 15.7 Å². The Kier molecular flexibility index (Phi) is 3.65. The number of nitrogens with one attached hydrogen (secondary N) is 1. The highest BCUT2D eigenvalue weighted by Gasteiger charge is 2.34. The largest absolute Gasteiger partial charge is 0.418 e. The van der Waals surface area contributed by atoms with E-state index in [1.165, 1.54) is 6.92 Å². The van der Waals surface area contributed by atoms with Crippen LogP contribution in [0.4, 0.5) is 23.2 Å². The molecule has 0 fully saturated rings. The fraction of sp³-hybridized carbons (Fsp3) is 0.333. The molecule has 1 N–H and O–H groups in total. The highest BCUT2D eigenvalue weighted by atomic mass is 32.2. The van der Waals surface area contributed by atoms with E-state index < -0.39 is 33.3 Å². The number of rotatable bonds is 3. The maximum Gasteiger partial charge on any atom is 0.418 e. The van der Waals surface area contributed by atoms with Gasteiger partial charge < -0.3 is 0 Å². The molecule has 0 amide bonds. The molecule has 17 heavy (non-hydrogen) atoms. The van der Waals surface area contributed by atoms with Crippen LogP contribution in [0, 0.1) is 11.9 Å². The van der Waals surface area contributed by atoms with Crippen LogP contribution >= 0.6 is 0 Å². The molecule has 0 atom stereocenters. The third-order valence-corrected chi connectivity index (χ3v) is 3.16. The maximum atomic E-state index is 12.7. The molecule has 95 valence electrons. The van der Waals surface area contributed by atoms with Crippen molar-refractivity contribution in [3.05, 3.63) is 29.6 Å². The van der Waals surface area contributed by atoms with E-state index in [0.717, 1.165) is 0 Å². The normalized spacial score (nSPS) is 12.5. The van der Waals surface area contributed by atoms with E-state index in [0.29, 0.717) is 6.07 Å². The lowest BCUT2D eigenvalue weighted by atomic mass is 10.2. The maximum absolute atomic E-state index is 12.7. The van der Waals surface area contributed by atoms with Crippen molar-refractivity contribution in [1.82, 2.24) is 0 Å². The lowest BCUT2D eigenvalue weighted by molar-refractivity contribution is -0.137. The minimum Gasteiger partial charge on any atom is -0.283 e. The van der Waals surface area contributed by atoms with Gasteiger partial charge >= 0.3 is 6.18 Å². The van der Waals surface area contributed by atoms with Crippen LogP contribution in [0.2, 0.25) is 0 Å². The van der Waals surface area contributed by atoms with E-state index in [-0.39, 0.29) is 11.8 Å². The molecule has 0 bridgehead atoms. The van der Waals surface area contributed by atoms with Crippen LogP contribution in [0.5, 0.6) is 0 Å². The van der Waals surface area contributed by atoms with Gasteiger partial charge in [0, 0.05) is 6.07 Å². The SMILES string of the molecule is CCS(=O)(=O)Nc1c[c]c(F)cc1C(F)(F)F. The van der Waals surface area contributed by atoms with Crippen LogP contribution in [0.15, 0.2) is 12.1 Å². The summed E-state index contributed by atoms with van der Waals surface area (Å²) in [4.78, 5) is 0. The molecule has 0 spiro atoms. The first-order valence-corrected chi connectivity index (χ1v) is 6.10. The van der Waals surface area contributed by atoms with Crippen molar-refractivity contribution in [2.24, 2.45) is 0 Å². The smallest absolute Gasteiger partial charge is 0.283 e. The number of benzene rings is 1. The van der Waals surface area contributed by atoms with Gasteiger partial charge in [-0.2, -0.15) is 13.2 Å². The highest BCUT2D eigenvalue weighted by molar-refractivity contribution is 7.92. The Balaban J connectivity index is 3.26. The van der Waals surface area contributed by atoms with Gasteiger partial charge in [0.05, 0.1) is 17.0 Å². The molecule has 0 aromatic heterocycles. The van der Waals surface area contributed by atoms with Crippen LogP contribution in [-0.4, -0.2) is 14.2 Å². The van der Waals surface area contributed by atoms with Crippen LogP contribution in [-0.2, 0) is 16.2 Å². The average Bonchev–Trinajstić information content (AvgIpc) is 2.19. The first kappa shape index (κ1) is 13.8. The standard InChI is InChI=1S/C9H8F4NO2S/c1-2-17(15,16)14-8-4-3-6(10)5-7(8)9(11,12)13/h4-5,14H,2H2,1H3. The van der Waals surface area contributed by atoms with E-state index in [4.69, 9.17) is 0 Å². The first-order valence-electron chi connectivity index (χ1n) is 4.44. The van der Waals surface area contributed by atoms with E-state index in [1.54, 1.807) is 4.72 Å². The van der Waals surface area contributed by atoms with Crippen molar-refractivity contribution in [3.63, 3.8) is 0 Å². The zero-order chi connectivity index (χ0) is 13.3. The molecule has 0 saturated carbocycles. The third kappa shape index (κ3) is 3.58. The first-order chi connectivity index (χ1) is 7.65. The van der Waals surface area contributed by atoms with Crippen LogP contribution in [0.1, 0.15) is 12.5 Å². The summed E-state index contributed by atoms with van der Waals surface area (Å²) in [5.74, 6) is -1.60. The molecular formula is C9H8F4NO2S. The number of alkyl halides is 3. The summed E-state index contributed by atoms with van der Waals surface area (Å²) < 4.78 is 74.2. The number of hydrogen-bond donors (Lipinski definition) is 1. The number of hydrogen-bond acceptors (Lipinski definition) is 2. The molecule has 0 aliphatic rings. The molecule has 1 aromatic carbocycles. The molecule has 8 heteroatoms.